The second-order valence-corrected chi connectivity index (χ2v) is 14.5. The van der Waals surface area contributed by atoms with Crippen molar-refractivity contribution in [2.75, 3.05) is 0 Å². The van der Waals surface area contributed by atoms with Crippen LogP contribution in [0.2, 0.25) is 0 Å². The monoisotopic (exact) mass is 698 g/mol. The van der Waals surface area contributed by atoms with Gasteiger partial charge in [0.25, 0.3) is 0 Å². The van der Waals surface area contributed by atoms with Crippen LogP contribution in [0, 0.1) is 13.8 Å². The van der Waals surface area contributed by atoms with Crippen molar-refractivity contribution in [3.8, 4) is 33.9 Å². The fourth-order valence-corrected chi connectivity index (χ4v) is 8.80. The largest absolute Gasteiger partial charge is 0.311 e. The van der Waals surface area contributed by atoms with Crippen LogP contribution in [0.4, 0.5) is 0 Å². The van der Waals surface area contributed by atoms with E-state index < -0.39 is 0 Å². The van der Waals surface area contributed by atoms with Crippen molar-refractivity contribution < 1.29 is 0 Å². The zero-order valence-electron chi connectivity index (χ0n) is 30.0. The summed E-state index contributed by atoms with van der Waals surface area (Å²) in [5, 5.41) is 3.67. The van der Waals surface area contributed by atoms with Crippen LogP contribution in [-0.4, -0.2) is 39.0 Å². The number of fused-ring (bicyclic) bond motifs is 9. The van der Waals surface area contributed by atoms with E-state index in [9.17, 15) is 0 Å². The van der Waals surface area contributed by atoms with Gasteiger partial charge in [-0.15, -0.1) is 0 Å². The molecule has 2 aliphatic carbocycles. The highest BCUT2D eigenvalue weighted by Crippen LogP contribution is 2.45. The molecule has 0 saturated carbocycles. The molecule has 258 valence electrons. The molecule has 3 aromatic carbocycles. The number of hydrogen-bond acceptors (Lipinski definition) is 6. The molecule has 0 spiro atoms. The lowest BCUT2D eigenvalue weighted by atomic mass is 9.83. The maximum atomic E-state index is 4.62. The molecule has 8 nitrogen and oxygen atoms in total. The van der Waals surface area contributed by atoms with Crippen LogP contribution < -0.4 is 0 Å². The minimum atomic E-state index is 0.724. The number of benzene rings is 3. The van der Waals surface area contributed by atoms with E-state index in [2.05, 4.69) is 114 Å². The van der Waals surface area contributed by atoms with Crippen molar-refractivity contribution >= 4 is 44.4 Å². The topological polar surface area (TPSA) is 87.2 Å². The Labute approximate surface area is 311 Å². The molecular weight excluding hydrogens is 665 g/mol. The first-order valence-electron chi connectivity index (χ1n) is 18.5. The molecule has 0 atom stereocenters. The Morgan fingerprint density at radius 3 is 1.78 bits per heavy atom. The average Bonchev–Trinajstić information content (AvgIpc) is 3.71. The molecule has 9 aromatic rings. The Morgan fingerprint density at radius 1 is 0.519 bits per heavy atom. The first kappa shape index (κ1) is 30.8. The van der Waals surface area contributed by atoms with Crippen LogP contribution in [0.25, 0.3) is 78.2 Å². The van der Waals surface area contributed by atoms with E-state index in [4.69, 9.17) is 0 Å². The minimum Gasteiger partial charge on any atom is -0.311 e. The minimum absolute atomic E-state index is 0.724. The number of nitrogens with zero attached hydrogens (tertiary/aromatic N) is 8. The molecule has 0 amide bonds. The maximum absolute atomic E-state index is 4.62. The Bertz CT molecular complexity index is 3010. The van der Waals surface area contributed by atoms with Crippen molar-refractivity contribution in [3.05, 3.63) is 156 Å². The average molecular weight is 699 g/mol. The van der Waals surface area contributed by atoms with E-state index in [1.165, 1.54) is 71.9 Å². The lowest BCUT2D eigenvalue weighted by Gasteiger charge is -2.22. The SMILES string of the molecule is Cc1ccncc1-n1c2c(c3cc4c(cc31)-c1cc3c(cc1CC4)c1cc(-c4ncccn4)ccc1n3-c1cnccc1C)C=C(c1ncccn1)CC2. The van der Waals surface area contributed by atoms with Crippen LogP contribution >= 0.6 is 0 Å². The first-order chi connectivity index (χ1) is 26.6. The van der Waals surface area contributed by atoms with Crippen LogP contribution in [0.3, 0.4) is 0 Å². The Hall–Kier alpha value is -6.80. The molecule has 0 bridgehead atoms. The van der Waals surface area contributed by atoms with Crippen LogP contribution in [0.5, 0.6) is 0 Å². The summed E-state index contributed by atoms with van der Waals surface area (Å²) in [6, 6.07) is 24.3. The Balaban J connectivity index is 1.18. The summed E-state index contributed by atoms with van der Waals surface area (Å²) in [5.41, 5.74) is 18.1. The number of aryl methyl sites for hydroxylation is 4. The number of aromatic nitrogens is 8. The van der Waals surface area contributed by atoms with Gasteiger partial charge in [0.05, 0.1) is 40.3 Å². The molecule has 0 radical (unpaired) electrons. The summed E-state index contributed by atoms with van der Waals surface area (Å²) in [6.07, 6.45) is 21.0. The second kappa shape index (κ2) is 11.9. The van der Waals surface area contributed by atoms with Gasteiger partial charge in [0, 0.05) is 70.2 Å². The van der Waals surface area contributed by atoms with Crippen molar-refractivity contribution in [1.82, 2.24) is 39.0 Å². The third-order valence-electron chi connectivity index (χ3n) is 11.4. The summed E-state index contributed by atoms with van der Waals surface area (Å²) >= 11 is 0. The van der Waals surface area contributed by atoms with Crippen molar-refractivity contribution in [1.29, 1.82) is 0 Å². The number of hydrogen-bond donors (Lipinski definition) is 0. The van der Waals surface area contributed by atoms with Crippen molar-refractivity contribution in [2.45, 2.75) is 39.5 Å². The predicted octanol–water partition coefficient (Wildman–Crippen LogP) is 9.63. The molecule has 0 fully saturated rings. The van der Waals surface area contributed by atoms with E-state index in [1.807, 2.05) is 49.3 Å². The third kappa shape index (κ3) is 4.62. The molecule has 54 heavy (non-hydrogen) atoms. The van der Waals surface area contributed by atoms with Crippen molar-refractivity contribution in [3.63, 3.8) is 0 Å². The summed E-state index contributed by atoms with van der Waals surface area (Å²) in [4.78, 5) is 27.5. The maximum Gasteiger partial charge on any atom is 0.159 e. The van der Waals surface area contributed by atoms with E-state index in [-0.39, 0.29) is 0 Å². The molecule has 0 aliphatic heterocycles. The molecule has 6 heterocycles. The fraction of sp³-hybridized carbons (Fsp3) is 0.130. The highest BCUT2D eigenvalue weighted by Gasteiger charge is 2.27. The molecule has 0 N–H and O–H groups in total. The van der Waals surface area contributed by atoms with Gasteiger partial charge in [-0.2, -0.15) is 0 Å². The van der Waals surface area contributed by atoms with E-state index in [1.54, 1.807) is 12.4 Å². The van der Waals surface area contributed by atoms with Gasteiger partial charge in [-0.05, 0) is 151 Å². The molecule has 11 rings (SSSR count). The number of rotatable bonds is 4. The first-order valence-corrected chi connectivity index (χ1v) is 18.5. The Morgan fingerprint density at radius 2 is 1.11 bits per heavy atom. The summed E-state index contributed by atoms with van der Waals surface area (Å²) < 4.78 is 4.84. The zero-order valence-corrected chi connectivity index (χ0v) is 30.0. The van der Waals surface area contributed by atoms with Gasteiger partial charge in [0.1, 0.15) is 0 Å². The quantitative estimate of drug-likeness (QED) is 0.182. The molecule has 6 aromatic heterocycles. The van der Waals surface area contributed by atoms with E-state index >= 15 is 0 Å². The molecule has 8 heteroatoms. The highest BCUT2D eigenvalue weighted by atomic mass is 15.0. The van der Waals surface area contributed by atoms with E-state index in [0.29, 0.717) is 0 Å². The van der Waals surface area contributed by atoms with Gasteiger partial charge < -0.3 is 9.13 Å². The van der Waals surface area contributed by atoms with E-state index in [0.717, 1.165) is 65.3 Å². The highest BCUT2D eigenvalue weighted by molar-refractivity contribution is 6.12. The Kier molecular flexibility index (Phi) is 6.76. The van der Waals surface area contributed by atoms with Gasteiger partial charge in [-0.3, -0.25) is 9.97 Å². The molecular formula is C46H34N8. The van der Waals surface area contributed by atoms with Gasteiger partial charge in [-0.25, -0.2) is 19.9 Å². The zero-order chi connectivity index (χ0) is 35.9. The van der Waals surface area contributed by atoms with Crippen LogP contribution in [0.15, 0.2) is 116 Å². The molecule has 0 unspecified atom stereocenters. The smallest absolute Gasteiger partial charge is 0.159 e. The summed E-state index contributed by atoms with van der Waals surface area (Å²) in [5.74, 6) is 1.53. The predicted molar refractivity (Wildman–Crippen MR) is 215 cm³/mol. The van der Waals surface area contributed by atoms with Crippen molar-refractivity contribution in [2.24, 2.45) is 0 Å². The number of pyridine rings is 2. The third-order valence-corrected chi connectivity index (χ3v) is 11.4. The standard InChI is InChI=1S/C46H34N8/c1-27-11-17-47-25-43(27)53-39-9-7-31(45-49-13-3-14-50-45)21-35(39)37-19-29-5-6-30-20-38-36-22-32(46-51-15-4-16-52-46)8-10-40(36)54(44-26-48-18-12-28(44)2)42(38)24-34(30)33(29)23-41(37)53/h3-4,7,9,11-26H,5-6,8,10H2,1-2H3. The molecule has 2 aliphatic rings. The van der Waals surface area contributed by atoms with Gasteiger partial charge in [0.2, 0.25) is 0 Å². The van der Waals surface area contributed by atoms with Crippen LogP contribution in [-0.2, 0) is 19.3 Å². The lowest BCUT2D eigenvalue weighted by molar-refractivity contribution is 0.881. The number of allylic oxidation sites excluding steroid dienone is 1. The summed E-state index contributed by atoms with van der Waals surface area (Å²) in [7, 11) is 0. The summed E-state index contributed by atoms with van der Waals surface area (Å²) in [6.45, 7) is 4.33. The normalized spacial score (nSPS) is 13.6. The second-order valence-electron chi connectivity index (χ2n) is 14.5. The fourth-order valence-electron chi connectivity index (χ4n) is 8.80. The van der Waals surface area contributed by atoms with Gasteiger partial charge >= 0.3 is 0 Å². The van der Waals surface area contributed by atoms with Gasteiger partial charge in [0.15, 0.2) is 11.6 Å². The molecule has 0 saturated heterocycles. The van der Waals surface area contributed by atoms with Crippen LogP contribution in [0.1, 0.15) is 45.8 Å². The van der Waals surface area contributed by atoms with Gasteiger partial charge in [-0.1, -0.05) is 0 Å². The lowest BCUT2D eigenvalue weighted by Crippen LogP contribution is -2.08.